The van der Waals surface area contributed by atoms with Gasteiger partial charge in [-0.3, -0.25) is 0 Å². The zero-order chi connectivity index (χ0) is 9.68. The van der Waals surface area contributed by atoms with E-state index >= 15 is 0 Å². The number of rotatable bonds is 4. The molecule has 1 nitrogen and oxygen atoms in total. The van der Waals surface area contributed by atoms with Gasteiger partial charge in [0.1, 0.15) is 11.6 Å². The summed E-state index contributed by atoms with van der Waals surface area (Å²) in [6.07, 6.45) is 2.00. The zero-order valence-electron chi connectivity index (χ0n) is 7.22. The molecule has 0 amide bonds. The molecule has 4 heteroatoms. The Bertz CT molecular complexity index is 260. The van der Waals surface area contributed by atoms with Gasteiger partial charge >= 0.3 is 0 Å². The predicted octanol–water partition coefficient (Wildman–Crippen LogP) is 3.33. The molecule has 0 aliphatic heterocycles. The van der Waals surface area contributed by atoms with Crippen LogP contribution in [0.2, 0.25) is 0 Å². The largest absolute Gasteiger partial charge is 0.493 e. The molecule has 0 saturated heterocycles. The van der Waals surface area contributed by atoms with Crippen LogP contribution in [0.4, 0.5) is 4.39 Å². The standard InChI is InChI=1S/C9H10BrFOS/c1-13-3-2-12-9-5-7(10)4-8(11)6-9/h4-6H,2-3H2,1H3. The van der Waals surface area contributed by atoms with Crippen molar-refractivity contribution < 1.29 is 9.13 Å². The first kappa shape index (κ1) is 10.9. The third-order valence-corrected chi connectivity index (χ3v) is 2.43. The second-order valence-corrected chi connectivity index (χ2v) is 4.35. The summed E-state index contributed by atoms with van der Waals surface area (Å²) in [5, 5.41) is 0. The minimum Gasteiger partial charge on any atom is -0.493 e. The molecule has 0 bridgehead atoms. The third kappa shape index (κ3) is 4.00. The van der Waals surface area contributed by atoms with Gasteiger partial charge in [0.25, 0.3) is 0 Å². The third-order valence-electron chi connectivity index (χ3n) is 1.39. The van der Waals surface area contributed by atoms with Gasteiger partial charge < -0.3 is 4.74 Å². The van der Waals surface area contributed by atoms with Crippen LogP contribution in [0, 0.1) is 5.82 Å². The number of hydrogen-bond acceptors (Lipinski definition) is 2. The number of hydrogen-bond donors (Lipinski definition) is 0. The lowest BCUT2D eigenvalue weighted by Crippen LogP contribution is -1.99. The fourth-order valence-electron chi connectivity index (χ4n) is 0.855. The predicted molar refractivity (Wildman–Crippen MR) is 58.0 cm³/mol. The quantitative estimate of drug-likeness (QED) is 0.772. The first-order valence-corrected chi connectivity index (χ1v) is 5.99. The molecule has 0 saturated carbocycles. The van der Waals surface area contributed by atoms with Crippen molar-refractivity contribution in [2.75, 3.05) is 18.6 Å². The van der Waals surface area contributed by atoms with Crippen molar-refractivity contribution in [1.29, 1.82) is 0 Å². The number of halogens is 2. The van der Waals surface area contributed by atoms with Crippen molar-refractivity contribution >= 4 is 27.7 Å². The Morgan fingerprint density at radius 1 is 1.46 bits per heavy atom. The van der Waals surface area contributed by atoms with Crippen LogP contribution >= 0.6 is 27.7 Å². The van der Waals surface area contributed by atoms with Gasteiger partial charge in [0.05, 0.1) is 6.61 Å². The fraction of sp³-hybridized carbons (Fsp3) is 0.333. The van der Waals surface area contributed by atoms with Gasteiger partial charge in [-0.25, -0.2) is 4.39 Å². The van der Waals surface area contributed by atoms with E-state index in [0.717, 1.165) is 5.75 Å². The lowest BCUT2D eigenvalue weighted by Gasteiger charge is -2.05. The van der Waals surface area contributed by atoms with E-state index in [2.05, 4.69) is 15.9 Å². The van der Waals surface area contributed by atoms with Crippen LogP contribution in [0.1, 0.15) is 0 Å². The van der Waals surface area contributed by atoms with Gasteiger partial charge in [0.15, 0.2) is 0 Å². The second-order valence-electron chi connectivity index (χ2n) is 2.45. The summed E-state index contributed by atoms with van der Waals surface area (Å²) in [6.45, 7) is 0.608. The molecule has 0 unspecified atom stereocenters. The highest BCUT2D eigenvalue weighted by Gasteiger charge is 1.99. The molecule has 0 aliphatic rings. The summed E-state index contributed by atoms with van der Waals surface area (Å²) in [7, 11) is 0. The molecule has 0 heterocycles. The maximum atomic E-state index is 12.8. The van der Waals surface area contributed by atoms with Gasteiger partial charge in [0.2, 0.25) is 0 Å². The Labute approximate surface area is 89.8 Å². The Balaban J connectivity index is 2.56. The average molecular weight is 265 g/mol. The van der Waals surface area contributed by atoms with Crippen molar-refractivity contribution in [2.45, 2.75) is 0 Å². The molecule has 72 valence electrons. The molecule has 0 radical (unpaired) electrons. The van der Waals surface area contributed by atoms with Gasteiger partial charge in [-0.05, 0) is 18.4 Å². The summed E-state index contributed by atoms with van der Waals surface area (Å²) in [5.74, 6) is 1.20. The van der Waals surface area contributed by atoms with Crippen LogP contribution in [0.15, 0.2) is 22.7 Å². The Morgan fingerprint density at radius 2 is 2.23 bits per heavy atom. The normalized spacial score (nSPS) is 10.1. The monoisotopic (exact) mass is 264 g/mol. The van der Waals surface area contributed by atoms with E-state index in [4.69, 9.17) is 4.74 Å². The maximum absolute atomic E-state index is 12.8. The average Bonchev–Trinajstić information content (AvgIpc) is 2.03. The van der Waals surface area contributed by atoms with Crippen molar-refractivity contribution in [1.82, 2.24) is 0 Å². The first-order valence-electron chi connectivity index (χ1n) is 3.80. The topological polar surface area (TPSA) is 9.23 Å². The highest BCUT2D eigenvalue weighted by atomic mass is 79.9. The summed E-state index contributed by atoms with van der Waals surface area (Å²) in [6, 6.07) is 4.54. The molecule has 0 fully saturated rings. The van der Waals surface area contributed by atoms with E-state index in [1.165, 1.54) is 12.1 Å². The van der Waals surface area contributed by atoms with Crippen molar-refractivity contribution in [3.8, 4) is 5.75 Å². The number of thioether (sulfide) groups is 1. The van der Waals surface area contributed by atoms with E-state index < -0.39 is 0 Å². The lowest BCUT2D eigenvalue weighted by atomic mass is 10.3. The zero-order valence-corrected chi connectivity index (χ0v) is 9.62. The lowest BCUT2D eigenvalue weighted by molar-refractivity contribution is 0.342. The Hall–Kier alpha value is -0.220. The first-order chi connectivity index (χ1) is 6.22. The van der Waals surface area contributed by atoms with Crippen LogP contribution in [-0.2, 0) is 0 Å². The highest BCUT2D eigenvalue weighted by molar-refractivity contribution is 9.10. The smallest absolute Gasteiger partial charge is 0.128 e. The van der Waals surface area contributed by atoms with Crippen LogP contribution in [0.3, 0.4) is 0 Å². The van der Waals surface area contributed by atoms with Gasteiger partial charge in [-0.15, -0.1) is 0 Å². The molecule has 0 atom stereocenters. The van der Waals surface area contributed by atoms with E-state index in [9.17, 15) is 4.39 Å². The summed E-state index contributed by atoms with van der Waals surface area (Å²) in [4.78, 5) is 0. The van der Waals surface area contributed by atoms with E-state index in [-0.39, 0.29) is 5.82 Å². The van der Waals surface area contributed by atoms with Crippen molar-refractivity contribution in [2.24, 2.45) is 0 Å². The van der Waals surface area contributed by atoms with E-state index in [1.807, 2.05) is 6.26 Å². The van der Waals surface area contributed by atoms with Gasteiger partial charge in [-0.1, -0.05) is 15.9 Å². The Kier molecular flexibility index (Phi) is 4.59. The molecule has 1 rings (SSSR count). The SMILES string of the molecule is CSCCOc1cc(F)cc(Br)c1. The molecule has 0 spiro atoms. The van der Waals surface area contributed by atoms with Crippen LogP contribution in [0.5, 0.6) is 5.75 Å². The molecular weight excluding hydrogens is 255 g/mol. The van der Waals surface area contributed by atoms with Crippen LogP contribution < -0.4 is 4.74 Å². The fourth-order valence-corrected chi connectivity index (χ4v) is 1.55. The number of benzene rings is 1. The van der Waals surface area contributed by atoms with Gasteiger partial charge in [-0.2, -0.15) is 11.8 Å². The summed E-state index contributed by atoms with van der Waals surface area (Å²) >= 11 is 4.90. The molecule has 13 heavy (non-hydrogen) atoms. The second kappa shape index (κ2) is 5.50. The molecule has 0 aromatic heterocycles. The molecule has 1 aromatic rings. The summed E-state index contributed by atoms with van der Waals surface area (Å²) in [5.41, 5.74) is 0. The minimum atomic E-state index is -0.284. The van der Waals surface area contributed by atoms with Crippen molar-refractivity contribution in [3.63, 3.8) is 0 Å². The van der Waals surface area contributed by atoms with E-state index in [1.54, 1.807) is 17.8 Å². The van der Waals surface area contributed by atoms with Crippen LogP contribution in [0.25, 0.3) is 0 Å². The molecule has 1 aromatic carbocycles. The number of ether oxygens (including phenoxy) is 1. The minimum absolute atomic E-state index is 0.284. The molecular formula is C9H10BrFOS. The highest BCUT2D eigenvalue weighted by Crippen LogP contribution is 2.20. The Morgan fingerprint density at radius 3 is 2.85 bits per heavy atom. The van der Waals surface area contributed by atoms with E-state index in [0.29, 0.717) is 16.8 Å². The van der Waals surface area contributed by atoms with Crippen LogP contribution in [-0.4, -0.2) is 18.6 Å². The van der Waals surface area contributed by atoms with Crippen molar-refractivity contribution in [3.05, 3.63) is 28.5 Å². The summed E-state index contributed by atoms with van der Waals surface area (Å²) < 4.78 is 18.8. The molecule has 0 N–H and O–H groups in total. The maximum Gasteiger partial charge on any atom is 0.128 e. The molecule has 0 aliphatic carbocycles. The van der Waals surface area contributed by atoms with Gasteiger partial charge in [0, 0.05) is 16.3 Å².